The summed E-state index contributed by atoms with van der Waals surface area (Å²) in [5, 5.41) is 4.58. The highest BCUT2D eigenvalue weighted by Crippen LogP contribution is 2.30. The molecule has 5 nitrogen and oxygen atoms in total. The van der Waals surface area contributed by atoms with Crippen molar-refractivity contribution >= 4 is 5.91 Å². The molecule has 2 aromatic rings. The van der Waals surface area contributed by atoms with Gasteiger partial charge in [0.1, 0.15) is 11.5 Å². The lowest BCUT2D eigenvalue weighted by atomic mass is 10.0. The van der Waals surface area contributed by atoms with Crippen LogP contribution in [0.25, 0.3) is 5.69 Å². The van der Waals surface area contributed by atoms with Crippen LogP contribution in [0.15, 0.2) is 18.2 Å². The molecule has 1 aliphatic carbocycles. The number of likely N-dealkylation sites (tertiary alicyclic amines) is 1. The monoisotopic (exact) mass is 356 g/mol. The first kappa shape index (κ1) is 17.2. The first-order valence-electron chi connectivity index (χ1n) is 9.48. The van der Waals surface area contributed by atoms with E-state index in [0.717, 1.165) is 61.9 Å². The van der Waals surface area contributed by atoms with Crippen LogP contribution in [0.4, 0.5) is 4.39 Å². The molecule has 0 radical (unpaired) electrons. The van der Waals surface area contributed by atoms with Crippen LogP contribution < -0.4 is 5.73 Å². The maximum absolute atomic E-state index is 14.5. The van der Waals surface area contributed by atoms with Gasteiger partial charge in [0.15, 0.2) is 5.69 Å². The van der Waals surface area contributed by atoms with E-state index in [4.69, 9.17) is 5.73 Å². The number of nitrogens with two attached hydrogens (primary N) is 1. The molecule has 0 spiro atoms. The van der Waals surface area contributed by atoms with Crippen LogP contribution in [-0.4, -0.2) is 39.7 Å². The van der Waals surface area contributed by atoms with Crippen molar-refractivity contribution in [3.63, 3.8) is 0 Å². The maximum Gasteiger partial charge on any atom is 0.274 e. The van der Waals surface area contributed by atoms with Gasteiger partial charge in [-0.3, -0.25) is 4.79 Å². The molecule has 1 unspecified atom stereocenters. The van der Waals surface area contributed by atoms with Crippen molar-refractivity contribution in [2.45, 2.75) is 51.5 Å². The Labute approximate surface area is 153 Å². The third kappa shape index (κ3) is 2.82. The fraction of sp³-hybridized carbons (Fsp3) is 0.500. The van der Waals surface area contributed by atoms with Gasteiger partial charge in [0.05, 0.1) is 0 Å². The number of halogens is 1. The van der Waals surface area contributed by atoms with Gasteiger partial charge < -0.3 is 10.6 Å². The fourth-order valence-corrected chi connectivity index (χ4v) is 4.24. The first-order valence-corrected chi connectivity index (χ1v) is 9.48. The third-order valence-electron chi connectivity index (χ3n) is 5.62. The van der Waals surface area contributed by atoms with Gasteiger partial charge in [-0.2, -0.15) is 5.10 Å². The summed E-state index contributed by atoms with van der Waals surface area (Å²) in [6, 6.07) is 5.20. The average Bonchev–Trinajstić information content (AvgIpc) is 3.24. The van der Waals surface area contributed by atoms with Gasteiger partial charge >= 0.3 is 0 Å². The summed E-state index contributed by atoms with van der Waals surface area (Å²) in [6.07, 6.45) is 5.66. The zero-order valence-corrected chi connectivity index (χ0v) is 15.2. The normalized spacial score (nSPS) is 19.7. The van der Waals surface area contributed by atoms with Crippen LogP contribution >= 0.6 is 0 Å². The van der Waals surface area contributed by atoms with Crippen LogP contribution in [0.1, 0.15) is 53.0 Å². The second-order valence-corrected chi connectivity index (χ2v) is 7.38. The number of rotatable bonds is 3. The van der Waals surface area contributed by atoms with Crippen LogP contribution in [0.3, 0.4) is 0 Å². The standard InChI is InChI=1S/C20H25FN4O/c1-13-8-9-18(16(21)11-13)25-17-7-4-6-15(17)19(23-25)20(26)24-10-3-2-5-14(24)12-22/h8-9,11,14H,2-7,10,12,22H2,1H3. The Bertz CT molecular complexity index is 845. The van der Waals surface area contributed by atoms with E-state index in [0.29, 0.717) is 17.9 Å². The number of hydrogen-bond donors (Lipinski definition) is 1. The van der Waals surface area contributed by atoms with Crippen LogP contribution in [0, 0.1) is 12.7 Å². The third-order valence-corrected chi connectivity index (χ3v) is 5.62. The summed E-state index contributed by atoms with van der Waals surface area (Å²) < 4.78 is 16.2. The molecule has 1 aliphatic heterocycles. The Hall–Kier alpha value is -2.21. The molecular weight excluding hydrogens is 331 g/mol. The van der Waals surface area contributed by atoms with Crippen molar-refractivity contribution < 1.29 is 9.18 Å². The van der Waals surface area contributed by atoms with Crippen LogP contribution in [0.2, 0.25) is 0 Å². The number of amides is 1. The van der Waals surface area contributed by atoms with E-state index in [1.807, 2.05) is 17.9 Å². The molecule has 2 N–H and O–H groups in total. The maximum atomic E-state index is 14.5. The molecule has 2 aliphatic rings. The van der Waals surface area contributed by atoms with Crippen LogP contribution in [0.5, 0.6) is 0 Å². The van der Waals surface area contributed by atoms with E-state index in [1.165, 1.54) is 6.07 Å². The van der Waals surface area contributed by atoms with Crippen molar-refractivity contribution in [1.82, 2.24) is 14.7 Å². The Balaban J connectivity index is 1.75. The molecule has 4 rings (SSSR count). The molecule has 1 aromatic carbocycles. The predicted octanol–water partition coefficient (Wildman–Crippen LogP) is 2.76. The molecule has 0 bridgehead atoms. The largest absolute Gasteiger partial charge is 0.333 e. The number of carbonyl (C=O) groups is 1. The van der Waals surface area contributed by atoms with Gasteiger partial charge in [-0.15, -0.1) is 0 Å². The Morgan fingerprint density at radius 2 is 2.15 bits per heavy atom. The van der Waals surface area contributed by atoms with Crippen molar-refractivity contribution in [2.75, 3.05) is 13.1 Å². The highest BCUT2D eigenvalue weighted by atomic mass is 19.1. The Morgan fingerprint density at radius 1 is 1.31 bits per heavy atom. The Kier molecular flexibility index (Phi) is 4.53. The number of hydrogen-bond acceptors (Lipinski definition) is 3. The van der Waals surface area contributed by atoms with Gasteiger partial charge in [-0.05, 0) is 63.1 Å². The molecular formula is C20H25FN4O. The van der Waals surface area contributed by atoms with E-state index in [9.17, 15) is 9.18 Å². The van der Waals surface area contributed by atoms with Gasteiger partial charge in [0.25, 0.3) is 5.91 Å². The number of aryl methyl sites for hydroxylation is 1. The van der Waals surface area contributed by atoms with Crippen molar-refractivity contribution in [1.29, 1.82) is 0 Å². The SMILES string of the molecule is Cc1ccc(-n2nc(C(=O)N3CCCCC3CN)c3c2CCC3)c(F)c1. The first-order chi connectivity index (χ1) is 12.6. The molecule has 2 heterocycles. The average molecular weight is 356 g/mol. The summed E-state index contributed by atoms with van der Waals surface area (Å²) in [7, 11) is 0. The minimum absolute atomic E-state index is 0.0513. The number of carbonyl (C=O) groups excluding carboxylic acids is 1. The number of nitrogens with zero attached hydrogens (tertiary/aromatic N) is 3. The van der Waals surface area contributed by atoms with Crippen molar-refractivity contribution in [3.05, 3.63) is 46.5 Å². The lowest BCUT2D eigenvalue weighted by molar-refractivity contribution is 0.0615. The molecule has 1 saturated heterocycles. The van der Waals surface area contributed by atoms with Crippen molar-refractivity contribution in [2.24, 2.45) is 5.73 Å². The van der Waals surface area contributed by atoms with E-state index < -0.39 is 0 Å². The Morgan fingerprint density at radius 3 is 2.92 bits per heavy atom. The number of benzene rings is 1. The summed E-state index contributed by atoms with van der Waals surface area (Å²) in [5.41, 5.74) is 9.60. The molecule has 0 saturated carbocycles. The molecule has 1 fully saturated rings. The molecule has 1 amide bonds. The second-order valence-electron chi connectivity index (χ2n) is 7.38. The number of aromatic nitrogens is 2. The highest BCUT2D eigenvalue weighted by Gasteiger charge is 2.33. The van der Waals surface area contributed by atoms with Gasteiger partial charge in [0.2, 0.25) is 0 Å². The number of fused-ring (bicyclic) bond motifs is 1. The van der Waals surface area contributed by atoms with Crippen LogP contribution in [-0.2, 0) is 12.8 Å². The zero-order chi connectivity index (χ0) is 18.3. The minimum atomic E-state index is -0.306. The minimum Gasteiger partial charge on any atom is -0.333 e. The highest BCUT2D eigenvalue weighted by molar-refractivity contribution is 5.94. The predicted molar refractivity (Wildman–Crippen MR) is 98.0 cm³/mol. The molecule has 1 aromatic heterocycles. The van der Waals surface area contributed by atoms with E-state index in [1.54, 1.807) is 10.7 Å². The second kappa shape index (κ2) is 6.83. The number of piperidine rings is 1. The van der Waals surface area contributed by atoms with Gasteiger partial charge in [-0.25, -0.2) is 9.07 Å². The molecule has 138 valence electrons. The zero-order valence-electron chi connectivity index (χ0n) is 15.2. The van der Waals surface area contributed by atoms with E-state index in [2.05, 4.69) is 5.10 Å². The van der Waals surface area contributed by atoms with E-state index >= 15 is 0 Å². The van der Waals surface area contributed by atoms with Gasteiger partial charge in [-0.1, -0.05) is 6.07 Å². The fourth-order valence-electron chi connectivity index (χ4n) is 4.24. The molecule has 26 heavy (non-hydrogen) atoms. The summed E-state index contributed by atoms with van der Waals surface area (Å²) in [5.74, 6) is -0.358. The van der Waals surface area contributed by atoms with Crippen molar-refractivity contribution in [3.8, 4) is 5.69 Å². The smallest absolute Gasteiger partial charge is 0.274 e. The lowest BCUT2D eigenvalue weighted by Crippen LogP contribution is -2.47. The summed E-state index contributed by atoms with van der Waals surface area (Å²) >= 11 is 0. The molecule has 6 heteroatoms. The summed E-state index contributed by atoms with van der Waals surface area (Å²) in [4.78, 5) is 15.1. The quantitative estimate of drug-likeness (QED) is 0.920. The molecule has 1 atom stereocenters. The van der Waals surface area contributed by atoms with E-state index in [-0.39, 0.29) is 17.8 Å². The summed E-state index contributed by atoms with van der Waals surface area (Å²) in [6.45, 7) is 3.06. The topological polar surface area (TPSA) is 64.2 Å². The van der Waals surface area contributed by atoms with Gasteiger partial charge in [0, 0.05) is 30.4 Å². The lowest BCUT2D eigenvalue weighted by Gasteiger charge is -2.34.